The van der Waals surface area contributed by atoms with E-state index in [1.54, 1.807) is 4.90 Å². The molecule has 33 heavy (non-hydrogen) atoms. The summed E-state index contributed by atoms with van der Waals surface area (Å²) in [5, 5.41) is 13.7. The largest absolute Gasteiger partial charge is 0.465 e. The number of benzene rings is 2. The summed E-state index contributed by atoms with van der Waals surface area (Å²) in [6.07, 6.45) is 2.17. The minimum absolute atomic E-state index is 0.317. The van der Waals surface area contributed by atoms with Crippen LogP contribution in [0.4, 0.5) is 4.79 Å². The van der Waals surface area contributed by atoms with Gasteiger partial charge in [0.1, 0.15) is 5.82 Å². The fourth-order valence-electron chi connectivity index (χ4n) is 4.74. The zero-order valence-corrected chi connectivity index (χ0v) is 19.7. The smallest absolute Gasteiger partial charge is 0.407 e. The third-order valence-corrected chi connectivity index (χ3v) is 6.31. The summed E-state index contributed by atoms with van der Waals surface area (Å²) in [5.41, 5.74) is 2.71. The molecule has 2 heterocycles. The van der Waals surface area contributed by atoms with E-state index in [1.165, 1.54) is 0 Å². The highest BCUT2D eigenvalue weighted by molar-refractivity contribution is 5.66. The van der Waals surface area contributed by atoms with Crippen LogP contribution in [-0.4, -0.2) is 45.3 Å². The average molecular weight is 447 g/mol. The minimum Gasteiger partial charge on any atom is -0.465 e. The molecule has 4 rings (SSSR count). The van der Waals surface area contributed by atoms with Crippen LogP contribution in [0, 0.1) is 11.3 Å². The highest BCUT2D eigenvalue weighted by Gasteiger charge is 2.39. The van der Waals surface area contributed by atoms with Gasteiger partial charge >= 0.3 is 6.09 Å². The van der Waals surface area contributed by atoms with Crippen LogP contribution in [0.25, 0.3) is 11.3 Å². The molecule has 0 aliphatic carbocycles. The fourth-order valence-corrected chi connectivity index (χ4v) is 4.74. The summed E-state index contributed by atoms with van der Waals surface area (Å²) < 4.78 is 2.14. The first-order valence-electron chi connectivity index (χ1n) is 11.7. The van der Waals surface area contributed by atoms with Crippen LogP contribution in [0.15, 0.2) is 66.9 Å². The number of carboxylic acid groups (broad SMARTS) is 1. The molecule has 2 aromatic carbocycles. The first-order valence-corrected chi connectivity index (χ1v) is 11.7. The van der Waals surface area contributed by atoms with Gasteiger partial charge in [-0.05, 0) is 36.4 Å². The second kappa shape index (κ2) is 9.79. The predicted octanol–water partition coefficient (Wildman–Crippen LogP) is 5.28. The van der Waals surface area contributed by atoms with Gasteiger partial charge in [0.05, 0.1) is 11.7 Å². The summed E-state index contributed by atoms with van der Waals surface area (Å²) in [6.45, 7) is 9.25. The third kappa shape index (κ3) is 5.45. The molecule has 1 saturated heterocycles. The van der Waals surface area contributed by atoms with Crippen molar-refractivity contribution in [2.75, 3.05) is 19.6 Å². The third-order valence-electron chi connectivity index (χ3n) is 6.31. The first-order chi connectivity index (χ1) is 15.8. The average Bonchev–Trinajstić information content (AvgIpc) is 3.44. The van der Waals surface area contributed by atoms with Gasteiger partial charge in [0.25, 0.3) is 0 Å². The number of hydrogen-bond donors (Lipinski definition) is 2. The summed E-state index contributed by atoms with van der Waals surface area (Å²) in [4.78, 5) is 19.2. The van der Waals surface area contributed by atoms with Gasteiger partial charge in [0.15, 0.2) is 0 Å². The molecule has 1 aliphatic rings. The molecule has 174 valence electrons. The molecule has 0 unspecified atom stereocenters. The quantitative estimate of drug-likeness (QED) is 0.518. The Morgan fingerprint density at radius 1 is 1.15 bits per heavy atom. The second-order valence-electron chi connectivity index (χ2n) is 10.0. The van der Waals surface area contributed by atoms with Crippen LogP contribution in [-0.2, 0) is 6.54 Å². The van der Waals surface area contributed by atoms with E-state index in [9.17, 15) is 9.90 Å². The SMILES string of the molecule is CC(C)(C)[C@H](c1nc(-c2ccccc2)cn1Cc1ccccc1)N(C[C@H]1CCNC1)C(=O)O. The Morgan fingerprint density at radius 2 is 1.82 bits per heavy atom. The van der Waals surface area contributed by atoms with Gasteiger partial charge in [-0.15, -0.1) is 0 Å². The maximum Gasteiger partial charge on any atom is 0.407 e. The minimum atomic E-state index is -0.891. The van der Waals surface area contributed by atoms with Crippen LogP contribution in [0.3, 0.4) is 0 Å². The van der Waals surface area contributed by atoms with Crippen LogP contribution >= 0.6 is 0 Å². The lowest BCUT2D eigenvalue weighted by atomic mass is 9.84. The van der Waals surface area contributed by atoms with Crippen LogP contribution < -0.4 is 5.32 Å². The van der Waals surface area contributed by atoms with E-state index in [4.69, 9.17) is 4.98 Å². The van der Waals surface area contributed by atoms with Gasteiger partial charge in [-0.2, -0.15) is 0 Å². The Kier molecular flexibility index (Phi) is 6.84. The van der Waals surface area contributed by atoms with Crippen molar-refractivity contribution in [1.82, 2.24) is 19.8 Å². The molecular formula is C27H34N4O2. The van der Waals surface area contributed by atoms with Crippen molar-refractivity contribution in [3.63, 3.8) is 0 Å². The standard InChI is InChI=1S/C27H34N4O2/c1-27(2,3)24(31(26(32)33)18-21-14-15-28-16-21)25-29-23(22-12-8-5-9-13-22)19-30(25)17-20-10-6-4-7-11-20/h4-13,19,21,24,28H,14-18H2,1-3H3,(H,32,33)/t21-,24-/m0/s1. The van der Waals surface area contributed by atoms with Crippen LogP contribution in [0.1, 0.15) is 44.6 Å². The summed E-state index contributed by atoms with van der Waals surface area (Å²) in [5.74, 6) is 1.11. The van der Waals surface area contributed by atoms with E-state index in [-0.39, 0.29) is 11.5 Å². The summed E-state index contributed by atoms with van der Waals surface area (Å²) in [7, 11) is 0. The maximum atomic E-state index is 12.6. The Hall–Kier alpha value is -3.12. The fraction of sp³-hybridized carbons (Fsp3) is 0.407. The van der Waals surface area contributed by atoms with Gasteiger partial charge < -0.3 is 15.0 Å². The highest BCUT2D eigenvalue weighted by Crippen LogP contribution is 2.39. The van der Waals surface area contributed by atoms with Crippen molar-refractivity contribution in [2.45, 2.75) is 39.8 Å². The summed E-state index contributed by atoms with van der Waals surface area (Å²) >= 11 is 0. The van der Waals surface area contributed by atoms with E-state index >= 15 is 0 Å². The van der Waals surface area contributed by atoms with Gasteiger partial charge in [0.2, 0.25) is 0 Å². The van der Waals surface area contributed by atoms with Crippen molar-refractivity contribution >= 4 is 6.09 Å². The number of nitrogens with one attached hydrogen (secondary N) is 1. The van der Waals surface area contributed by atoms with Crippen molar-refractivity contribution in [3.05, 3.63) is 78.2 Å². The number of carbonyl (C=O) groups is 1. The highest BCUT2D eigenvalue weighted by atomic mass is 16.4. The molecule has 2 N–H and O–H groups in total. The lowest BCUT2D eigenvalue weighted by Crippen LogP contribution is -2.44. The molecule has 1 fully saturated rings. The zero-order valence-electron chi connectivity index (χ0n) is 19.7. The molecule has 1 aromatic heterocycles. The molecule has 3 aromatic rings. The molecule has 2 atom stereocenters. The zero-order chi connectivity index (χ0) is 23.4. The monoisotopic (exact) mass is 446 g/mol. The Labute approximate surface area is 196 Å². The van der Waals surface area contributed by atoms with E-state index in [1.807, 2.05) is 48.5 Å². The molecule has 6 heteroatoms. The normalized spacial score (nSPS) is 17.1. The van der Waals surface area contributed by atoms with E-state index < -0.39 is 6.09 Å². The van der Waals surface area contributed by atoms with Gasteiger partial charge in [-0.3, -0.25) is 4.90 Å². The topological polar surface area (TPSA) is 70.4 Å². The van der Waals surface area contributed by atoms with Gasteiger partial charge in [-0.1, -0.05) is 81.4 Å². The Morgan fingerprint density at radius 3 is 2.39 bits per heavy atom. The molecule has 1 aliphatic heterocycles. The lowest BCUT2D eigenvalue weighted by molar-refractivity contribution is 0.0671. The van der Waals surface area contributed by atoms with Crippen molar-refractivity contribution in [2.24, 2.45) is 11.3 Å². The molecular weight excluding hydrogens is 412 g/mol. The molecule has 0 bridgehead atoms. The van der Waals surface area contributed by atoms with Crippen molar-refractivity contribution < 1.29 is 9.90 Å². The van der Waals surface area contributed by atoms with Crippen LogP contribution in [0.5, 0.6) is 0 Å². The first kappa shape index (κ1) is 23.1. The van der Waals surface area contributed by atoms with Crippen molar-refractivity contribution in [1.29, 1.82) is 0 Å². The van der Waals surface area contributed by atoms with E-state index in [0.29, 0.717) is 19.0 Å². The van der Waals surface area contributed by atoms with Crippen LogP contribution in [0.2, 0.25) is 0 Å². The number of aromatic nitrogens is 2. The number of amides is 1. The molecule has 0 saturated carbocycles. The Bertz CT molecular complexity index is 1050. The van der Waals surface area contributed by atoms with E-state index in [2.05, 4.69) is 49.0 Å². The number of rotatable bonds is 7. The Balaban J connectivity index is 1.80. The lowest BCUT2D eigenvalue weighted by Gasteiger charge is -2.39. The number of nitrogens with zero attached hydrogens (tertiary/aromatic N) is 3. The van der Waals surface area contributed by atoms with Gasteiger partial charge in [-0.25, -0.2) is 9.78 Å². The maximum absolute atomic E-state index is 12.6. The molecule has 1 amide bonds. The summed E-state index contributed by atoms with van der Waals surface area (Å²) in [6, 6.07) is 20.0. The molecule has 6 nitrogen and oxygen atoms in total. The second-order valence-corrected chi connectivity index (χ2v) is 10.0. The number of hydrogen-bond acceptors (Lipinski definition) is 3. The van der Waals surface area contributed by atoms with Crippen molar-refractivity contribution in [3.8, 4) is 11.3 Å². The van der Waals surface area contributed by atoms with Gasteiger partial charge in [0, 0.05) is 24.8 Å². The molecule has 0 spiro atoms. The predicted molar refractivity (Wildman–Crippen MR) is 131 cm³/mol. The number of imidazole rings is 1. The van der Waals surface area contributed by atoms with E-state index in [0.717, 1.165) is 42.2 Å². The molecule has 0 radical (unpaired) electrons.